The minimum Gasteiger partial charge on any atom is -0.318 e. The van der Waals surface area contributed by atoms with E-state index in [1.807, 2.05) is 18.2 Å². The van der Waals surface area contributed by atoms with Crippen LogP contribution in [0, 0.1) is 0 Å². The Kier molecular flexibility index (Phi) is 4.13. The summed E-state index contributed by atoms with van der Waals surface area (Å²) in [6.07, 6.45) is 2.89. The number of hydrogen-bond acceptors (Lipinski definition) is 1. The molecule has 2 aromatic rings. The number of anilines is 1. The van der Waals surface area contributed by atoms with E-state index in [1.165, 1.54) is 11.1 Å². The Hall–Kier alpha value is -2.09. The van der Waals surface area contributed by atoms with Gasteiger partial charge in [0.05, 0.1) is 0 Å². The summed E-state index contributed by atoms with van der Waals surface area (Å²) in [4.78, 5) is 12.2. The fraction of sp³-hybridized carbons (Fsp3) is 0.188. The lowest BCUT2D eigenvalue weighted by atomic mass is 10.0. The molecule has 18 heavy (non-hydrogen) atoms. The summed E-state index contributed by atoms with van der Waals surface area (Å²) in [5, 5.41) is 0. The SMILES string of the molecule is CN(C=O)c1ccc(CCc2ccccc2)cc1. The molecule has 2 rings (SSSR count). The Morgan fingerprint density at radius 3 is 2.00 bits per heavy atom. The largest absolute Gasteiger partial charge is 0.318 e. The average molecular weight is 239 g/mol. The molecule has 0 atom stereocenters. The molecule has 0 unspecified atom stereocenters. The van der Waals surface area contributed by atoms with Gasteiger partial charge >= 0.3 is 0 Å². The van der Waals surface area contributed by atoms with Gasteiger partial charge in [0.2, 0.25) is 6.41 Å². The predicted molar refractivity (Wildman–Crippen MR) is 74.8 cm³/mol. The maximum atomic E-state index is 10.6. The summed E-state index contributed by atoms with van der Waals surface area (Å²) in [5.41, 5.74) is 3.57. The van der Waals surface area contributed by atoms with Crippen molar-refractivity contribution in [1.29, 1.82) is 0 Å². The molecule has 0 bridgehead atoms. The lowest BCUT2D eigenvalue weighted by Gasteiger charge is -2.11. The molecule has 0 spiro atoms. The van der Waals surface area contributed by atoms with Gasteiger partial charge in [-0.3, -0.25) is 4.79 Å². The van der Waals surface area contributed by atoms with Gasteiger partial charge in [0.15, 0.2) is 0 Å². The summed E-state index contributed by atoms with van der Waals surface area (Å²) in [5.74, 6) is 0. The maximum Gasteiger partial charge on any atom is 0.213 e. The van der Waals surface area contributed by atoms with Crippen LogP contribution < -0.4 is 4.90 Å². The topological polar surface area (TPSA) is 20.3 Å². The monoisotopic (exact) mass is 239 g/mol. The zero-order valence-corrected chi connectivity index (χ0v) is 10.5. The van der Waals surface area contributed by atoms with Gasteiger partial charge in [0.1, 0.15) is 0 Å². The second-order valence-electron chi connectivity index (χ2n) is 4.37. The molecular formula is C16H17NO. The predicted octanol–water partition coefficient (Wildman–Crippen LogP) is 3.06. The second-order valence-corrected chi connectivity index (χ2v) is 4.37. The molecule has 2 heteroatoms. The van der Waals surface area contributed by atoms with Crippen molar-refractivity contribution >= 4 is 12.1 Å². The highest BCUT2D eigenvalue weighted by molar-refractivity contribution is 5.74. The van der Waals surface area contributed by atoms with E-state index in [1.54, 1.807) is 11.9 Å². The zero-order valence-electron chi connectivity index (χ0n) is 10.5. The molecule has 0 heterocycles. The highest BCUT2D eigenvalue weighted by Gasteiger charge is 1.99. The number of hydrogen-bond donors (Lipinski definition) is 0. The van der Waals surface area contributed by atoms with Gasteiger partial charge in [0, 0.05) is 12.7 Å². The minimum atomic E-state index is 0.818. The van der Waals surface area contributed by atoms with Crippen LogP contribution in [0.2, 0.25) is 0 Å². The van der Waals surface area contributed by atoms with Gasteiger partial charge in [-0.05, 0) is 36.1 Å². The second kappa shape index (κ2) is 6.01. The summed E-state index contributed by atoms with van der Waals surface area (Å²) < 4.78 is 0. The van der Waals surface area contributed by atoms with Gasteiger partial charge in [-0.1, -0.05) is 42.5 Å². The van der Waals surface area contributed by atoms with Gasteiger partial charge in [-0.2, -0.15) is 0 Å². The summed E-state index contributed by atoms with van der Waals surface area (Å²) >= 11 is 0. The molecule has 0 saturated carbocycles. The van der Waals surface area contributed by atoms with Crippen LogP contribution in [-0.4, -0.2) is 13.5 Å². The molecule has 0 aliphatic rings. The van der Waals surface area contributed by atoms with E-state index in [0.29, 0.717) is 0 Å². The quantitative estimate of drug-likeness (QED) is 0.734. The van der Waals surface area contributed by atoms with Crippen LogP contribution in [0.15, 0.2) is 54.6 Å². The maximum absolute atomic E-state index is 10.6. The van der Waals surface area contributed by atoms with Crippen LogP contribution in [0.25, 0.3) is 0 Å². The molecule has 0 saturated heterocycles. The average Bonchev–Trinajstić information content (AvgIpc) is 2.46. The molecule has 0 N–H and O–H groups in total. The normalized spacial score (nSPS) is 10.1. The van der Waals surface area contributed by atoms with Gasteiger partial charge in [0.25, 0.3) is 0 Å². The lowest BCUT2D eigenvalue weighted by molar-refractivity contribution is -0.107. The van der Waals surface area contributed by atoms with E-state index in [4.69, 9.17) is 0 Å². The van der Waals surface area contributed by atoms with E-state index in [-0.39, 0.29) is 0 Å². The Balaban J connectivity index is 1.96. The molecule has 0 radical (unpaired) electrons. The van der Waals surface area contributed by atoms with Crippen molar-refractivity contribution in [2.24, 2.45) is 0 Å². The molecule has 2 aromatic carbocycles. The highest BCUT2D eigenvalue weighted by atomic mass is 16.1. The number of amides is 1. The van der Waals surface area contributed by atoms with Crippen LogP contribution in [0.1, 0.15) is 11.1 Å². The van der Waals surface area contributed by atoms with E-state index in [0.717, 1.165) is 24.9 Å². The summed E-state index contributed by atoms with van der Waals surface area (Å²) in [6.45, 7) is 0. The van der Waals surface area contributed by atoms with Crippen molar-refractivity contribution < 1.29 is 4.79 Å². The first-order valence-electron chi connectivity index (χ1n) is 6.10. The van der Waals surface area contributed by atoms with Crippen molar-refractivity contribution in [3.05, 3.63) is 65.7 Å². The fourth-order valence-electron chi connectivity index (χ4n) is 1.89. The van der Waals surface area contributed by atoms with Crippen LogP contribution in [0.3, 0.4) is 0 Å². The number of nitrogens with zero attached hydrogens (tertiary/aromatic N) is 1. The van der Waals surface area contributed by atoms with Crippen molar-refractivity contribution in [3.8, 4) is 0 Å². The first-order chi connectivity index (χ1) is 8.79. The molecule has 1 amide bonds. The molecule has 2 nitrogen and oxygen atoms in total. The Morgan fingerprint density at radius 1 is 0.889 bits per heavy atom. The van der Waals surface area contributed by atoms with Crippen LogP contribution >= 0.6 is 0 Å². The van der Waals surface area contributed by atoms with Crippen molar-refractivity contribution in [1.82, 2.24) is 0 Å². The van der Waals surface area contributed by atoms with E-state index in [9.17, 15) is 4.79 Å². The van der Waals surface area contributed by atoms with E-state index in [2.05, 4.69) is 36.4 Å². The van der Waals surface area contributed by atoms with E-state index >= 15 is 0 Å². The van der Waals surface area contributed by atoms with Gasteiger partial charge in [-0.25, -0.2) is 0 Å². The van der Waals surface area contributed by atoms with Gasteiger partial charge < -0.3 is 4.90 Å². The standard InChI is InChI=1S/C16H17NO/c1-17(13-18)16-11-9-15(10-12-16)8-7-14-5-3-2-4-6-14/h2-6,9-13H,7-8H2,1H3. The number of aryl methyl sites for hydroxylation is 2. The minimum absolute atomic E-state index is 0.818. The number of carbonyl (C=O) groups excluding carboxylic acids is 1. The molecule has 92 valence electrons. The first-order valence-corrected chi connectivity index (χ1v) is 6.10. The smallest absolute Gasteiger partial charge is 0.213 e. The molecule has 0 fully saturated rings. The fourth-order valence-corrected chi connectivity index (χ4v) is 1.89. The zero-order chi connectivity index (χ0) is 12.8. The highest BCUT2D eigenvalue weighted by Crippen LogP contribution is 2.14. The number of rotatable bonds is 5. The third-order valence-corrected chi connectivity index (χ3v) is 3.05. The Labute approximate surface area is 108 Å². The molecule has 0 aromatic heterocycles. The number of benzene rings is 2. The van der Waals surface area contributed by atoms with E-state index < -0.39 is 0 Å². The molecule has 0 aliphatic carbocycles. The third-order valence-electron chi connectivity index (χ3n) is 3.05. The van der Waals surface area contributed by atoms with Crippen molar-refractivity contribution in [2.45, 2.75) is 12.8 Å². The number of carbonyl (C=O) groups is 1. The molecular weight excluding hydrogens is 222 g/mol. The molecule has 0 aliphatic heterocycles. The Bertz CT molecular complexity index is 490. The summed E-state index contributed by atoms with van der Waals surface area (Å²) in [7, 11) is 1.76. The van der Waals surface area contributed by atoms with Crippen LogP contribution in [-0.2, 0) is 17.6 Å². The van der Waals surface area contributed by atoms with Gasteiger partial charge in [-0.15, -0.1) is 0 Å². The van der Waals surface area contributed by atoms with Crippen LogP contribution in [0.4, 0.5) is 5.69 Å². The van der Waals surface area contributed by atoms with Crippen molar-refractivity contribution in [3.63, 3.8) is 0 Å². The van der Waals surface area contributed by atoms with Crippen molar-refractivity contribution in [2.75, 3.05) is 11.9 Å². The Morgan fingerprint density at radius 2 is 1.44 bits per heavy atom. The third kappa shape index (κ3) is 3.20. The summed E-state index contributed by atoms with van der Waals surface area (Å²) in [6, 6.07) is 18.6. The lowest BCUT2D eigenvalue weighted by Crippen LogP contribution is -2.13. The van der Waals surface area contributed by atoms with Crippen LogP contribution in [0.5, 0.6) is 0 Å². The first kappa shape index (κ1) is 12.4.